The second-order valence-electron chi connectivity index (χ2n) is 6.83. The Morgan fingerprint density at radius 2 is 2.12 bits per heavy atom. The lowest BCUT2D eigenvalue weighted by Crippen LogP contribution is -2.49. The number of fused-ring (bicyclic) bond motifs is 1. The second-order valence-corrected chi connectivity index (χ2v) is 6.83. The molecule has 132 valence electrons. The molecule has 1 aromatic heterocycles. The predicted molar refractivity (Wildman–Crippen MR) is 94.4 cm³/mol. The summed E-state index contributed by atoms with van der Waals surface area (Å²) in [5.41, 5.74) is 2.65. The zero-order valence-electron chi connectivity index (χ0n) is 14.6. The van der Waals surface area contributed by atoms with Gasteiger partial charge in [-0.15, -0.1) is 0 Å². The number of hydrogen-bond donors (Lipinski definition) is 0. The molecular formula is C19H24N4O2. The molecule has 6 nitrogen and oxygen atoms in total. The van der Waals surface area contributed by atoms with Gasteiger partial charge in [0.2, 0.25) is 5.91 Å². The summed E-state index contributed by atoms with van der Waals surface area (Å²) in [6.45, 7) is 7.06. The van der Waals surface area contributed by atoms with Crippen LogP contribution in [0.1, 0.15) is 24.1 Å². The number of nitrogens with zero attached hydrogens (tertiary/aromatic N) is 4. The van der Waals surface area contributed by atoms with Crippen LogP contribution in [0.2, 0.25) is 0 Å². The van der Waals surface area contributed by atoms with Gasteiger partial charge in [-0.1, -0.05) is 12.1 Å². The molecule has 1 saturated heterocycles. The zero-order chi connectivity index (χ0) is 17.2. The van der Waals surface area contributed by atoms with Gasteiger partial charge in [-0.25, -0.2) is 4.98 Å². The second kappa shape index (κ2) is 6.88. The van der Waals surface area contributed by atoms with Crippen molar-refractivity contribution in [1.82, 2.24) is 19.4 Å². The molecule has 4 rings (SSSR count). The Balaban J connectivity index is 1.31. The van der Waals surface area contributed by atoms with E-state index < -0.39 is 0 Å². The number of amides is 1. The Morgan fingerprint density at radius 3 is 2.88 bits per heavy atom. The lowest BCUT2D eigenvalue weighted by Gasteiger charge is -2.36. The molecule has 25 heavy (non-hydrogen) atoms. The molecule has 1 fully saturated rings. The van der Waals surface area contributed by atoms with E-state index in [-0.39, 0.29) is 11.9 Å². The van der Waals surface area contributed by atoms with Crippen LogP contribution in [0.25, 0.3) is 0 Å². The third kappa shape index (κ3) is 3.39. The van der Waals surface area contributed by atoms with E-state index in [0.717, 1.165) is 51.5 Å². The first-order valence-electron chi connectivity index (χ1n) is 8.94. The van der Waals surface area contributed by atoms with E-state index >= 15 is 0 Å². The minimum atomic E-state index is -0.189. The third-order valence-electron chi connectivity index (χ3n) is 5.17. The first-order chi connectivity index (χ1) is 12.2. The van der Waals surface area contributed by atoms with Gasteiger partial charge >= 0.3 is 0 Å². The van der Waals surface area contributed by atoms with E-state index in [1.807, 2.05) is 22.6 Å². The van der Waals surface area contributed by atoms with E-state index in [9.17, 15) is 4.79 Å². The summed E-state index contributed by atoms with van der Waals surface area (Å²) in [6.07, 6.45) is 6.27. The number of hydrogen-bond acceptors (Lipinski definition) is 4. The highest BCUT2D eigenvalue weighted by atomic mass is 16.5. The number of carbonyl (C=O) groups is 1. The smallest absolute Gasteiger partial charge is 0.245 e. The fourth-order valence-corrected chi connectivity index (χ4v) is 3.61. The van der Waals surface area contributed by atoms with Crippen LogP contribution >= 0.6 is 0 Å². The van der Waals surface area contributed by atoms with Crippen molar-refractivity contribution in [3.05, 3.63) is 48.0 Å². The van der Waals surface area contributed by atoms with Crippen LogP contribution in [0.4, 0.5) is 0 Å². The maximum Gasteiger partial charge on any atom is 0.245 e. The number of carbonyl (C=O) groups excluding carboxylic acids is 1. The van der Waals surface area contributed by atoms with Crippen molar-refractivity contribution in [3.8, 4) is 5.75 Å². The van der Waals surface area contributed by atoms with E-state index in [0.29, 0.717) is 0 Å². The standard InChI is InChI=1S/C19H24N4O2/c1-15(23-6-5-20-14-23)19(24)22-9-7-21(8-10-22)13-16-2-3-18-17(12-16)4-11-25-18/h2-3,5-6,12,14-15H,4,7-11,13H2,1H3/t15-/m0/s1. The highest BCUT2D eigenvalue weighted by Crippen LogP contribution is 2.26. The summed E-state index contributed by atoms with van der Waals surface area (Å²) in [7, 11) is 0. The van der Waals surface area contributed by atoms with Crippen LogP contribution in [0.15, 0.2) is 36.9 Å². The Morgan fingerprint density at radius 1 is 1.28 bits per heavy atom. The molecule has 6 heteroatoms. The monoisotopic (exact) mass is 340 g/mol. The van der Waals surface area contributed by atoms with E-state index in [1.54, 1.807) is 12.5 Å². The van der Waals surface area contributed by atoms with E-state index in [1.165, 1.54) is 11.1 Å². The van der Waals surface area contributed by atoms with Gasteiger partial charge in [0.1, 0.15) is 11.8 Å². The van der Waals surface area contributed by atoms with Gasteiger partial charge in [0, 0.05) is 51.5 Å². The van der Waals surface area contributed by atoms with Crippen molar-refractivity contribution in [2.24, 2.45) is 0 Å². The SMILES string of the molecule is C[C@@H](C(=O)N1CCN(Cc2ccc3c(c2)CCO3)CC1)n1ccnc1. The van der Waals surface area contributed by atoms with Gasteiger partial charge in [-0.2, -0.15) is 0 Å². The number of benzene rings is 1. The maximum absolute atomic E-state index is 12.6. The molecule has 1 amide bonds. The van der Waals surface area contributed by atoms with Gasteiger partial charge in [-0.05, 0) is 24.1 Å². The highest BCUT2D eigenvalue weighted by molar-refractivity contribution is 5.80. The summed E-state index contributed by atoms with van der Waals surface area (Å²) in [5.74, 6) is 1.21. The number of piperazine rings is 1. The van der Waals surface area contributed by atoms with Crippen molar-refractivity contribution >= 4 is 5.91 Å². The molecule has 2 aliphatic rings. The van der Waals surface area contributed by atoms with Crippen molar-refractivity contribution < 1.29 is 9.53 Å². The van der Waals surface area contributed by atoms with Crippen LogP contribution in [-0.2, 0) is 17.8 Å². The summed E-state index contributed by atoms with van der Waals surface area (Å²) >= 11 is 0. The first kappa shape index (κ1) is 16.1. The molecule has 0 radical (unpaired) electrons. The van der Waals surface area contributed by atoms with Crippen LogP contribution < -0.4 is 4.74 Å². The number of rotatable bonds is 4. The van der Waals surface area contributed by atoms with Crippen molar-refractivity contribution in [3.63, 3.8) is 0 Å². The lowest BCUT2D eigenvalue weighted by molar-refractivity contribution is -0.136. The molecule has 1 aromatic carbocycles. The summed E-state index contributed by atoms with van der Waals surface area (Å²) in [4.78, 5) is 21.1. The largest absolute Gasteiger partial charge is 0.493 e. The van der Waals surface area contributed by atoms with Crippen LogP contribution in [-0.4, -0.2) is 58.0 Å². The first-order valence-corrected chi connectivity index (χ1v) is 8.94. The minimum Gasteiger partial charge on any atom is -0.493 e. The lowest BCUT2D eigenvalue weighted by atomic mass is 10.1. The minimum absolute atomic E-state index is 0.173. The van der Waals surface area contributed by atoms with E-state index in [2.05, 4.69) is 28.1 Å². The average molecular weight is 340 g/mol. The molecule has 1 atom stereocenters. The van der Waals surface area contributed by atoms with Crippen molar-refractivity contribution in [2.45, 2.75) is 25.9 Å². The number of ether oxygens (including phenoxy) is 1. The van der Waals surface area contributed by atoms with Crippen molar-refractivity contribution in [2.75, 3.05) is 32.8 Å². The molecule has 2 aliphatic heterocycles. The molecule has 0 unspecified atom stereocenters. The highest BCUT2D eigenvalue weighted by Gasteiger charge is 2.25. The summed E-state index contributed by atoms with van der Waals surface area (Å²) in [5, 5.41) is 0. The third-order valence-corrected chi connectivity index (χ3v) is 5.17. The molecule has 0 N–H and O–H groups in total. The van der Waals surface area contributed by atoms with Crippen LogP contribution in [0.5, 0.6) is 5.75 Å². The summed E-state index contributed by atoms with van der Waals surface area (Å²) < 4.78 is 7.44. The molecule has 0 saturated carbocycles. The molecular weight excluding hydrogens is 316 g/mol. The van der Waals surface area contributed by atoms with Gasteiger partial charge in [-0.3, -0.25) is 9.69 Å². The predicted octanol–water partition coefficient (Wildman–Crippen LogP) is 1.72. The molecule has 0 spiro atoms. The Bertz CT molecular complexity index is 736. The van der Waals surface area contributed by atoms with Gasteiger partial charge in [0.15, 0.2) is 0 Å². The topological polar surface area (TPSA) is 50.6 Å². The Kier molecular flexibility index (Phi) is 4.44. The van der Waals surface area contributed by atoms with Crippen LogP contribution in [0.3, 0.4) is 0 Å². The Labute approximate surface area is 148 Å². The van der Waals surface area contributed by atoms with Crippen molar-refractivity contribution in [1.29, 1.82) is 0 Å². The maximum atomic E-state index is 12.6. The molecule has 3 heterocycles. The fourth-order valence-electron chi connectivity index (χ4n) is 3.61. The molecule has 2 aromatic rings. The zero-order valence-corrected chi connectivity index (χ0v) is 14.6. The normalized spacial score (nSPS) is 18.7. The van der Waals surface area contributed by atoms with Gasteiger partial charge < -0.3 is 14.2 Å². The number of imidazole rings is 1. The molecule has 0 aliphatic carbocycles. The van der Waals surface area contributed by atoms with E-state index in [4.69, 9.17) is 4.74 Å². The fraction of sp³-hybridized carbons (Fsp3) is 0.474. The Hall–Kier alpha value is -2.34. The summed E-state index contributed by atoms with van der Waals surface area (Å²) in [6, 6.07) is 6.32. The average Bonchev–Trinajstić information content (AvgIpc) is 3.32. The van der Waals surface area contributed by atoms with Crippen LogP contribution in [0, 0.1) is 0 Å². The van der Waals surface area contributed by atoms with Gasteiger partial charge in [0.25, 0.3) is 0 Å². The van der Waals surface area contributed by atoms with Gasteiger partial charge in [0.05, 0.1) is 12.9 Å². The number of aromatic nitrogens is 2. The molecule has 0 bridgehead atoms. The quantitative estimate of drug-likeness (QED) is 0.850.